The summed E-state index contributed by atoms with van der Waals surface area (Å²) in [6, 6.07) is 5.07. The summed E-state index contributed by atoms with van der Waals surface area (Å²) in [7, 11) is 0. The minimum Gasteiger partial charge on any atom is -0.389 e. The van der Waals surface area contributed by atoms with Crippen molar-refractivity contribution in [3.05, 3.63) is 54.1 Å². The second-order valence-electron chi connectivity index (χ2n) is 11.8. The number of halogens is 2. The van der Waals surface area contributed by atoms with E-state index in [1.807, 2.05) is 12.1 Å². The van der Waals surface area contributed by atoms with Crippen molar-refractivity contribution >= 4 is 17.5 Å². The lowest BCUT2D eigenvalue weighted by molar-refractivity contribution is -0.128. The van der Waals surface area contributed by atoms with E-state index in [9.17, 15) is 23.5 Å². The Morgan fingerprint density at radius 1 is 1.16 bits per heavy atom. The third-order valence-electron chi connectivity index (χ3n) is 7.35. The quantitative estimate of drug-likeness (QED) is 0.527. The monoisotopic (exact) mass is 529 g/mol. The van der Waals surface area contributed by atoms with Gasteiger partial charge < -0.3 is 15.7 Å². The largest absolute Gasteiger partial charge is 0.389 e. The zero-order chi connectivity index (χ0) is 27.7. The van der Waals surface area contributed by atoms with Crippen LogP contribution in [0.2, 0.25) is 0 Å². The zero-order valence-corrected chi connectivity index (χ0v) is 22.4. The second kappa shape index (κ2) is 10.6. The average Bonchev–Trinajstić information content (AvgIpc) is 3.23. The number of aliphatic hydroxyl groups is 1. The van der Waals surface area contributed by atoms with Gasteiger partial charge in [0.2, 0.25) is 17.7 Å². The first-order valence-electron chi connectivity index (χ1n) is 13.1. The number of benzene rings is 1. The molecule has 1 saturated heterocycles. The molecule has 3 N–H and O–H groups in total. The smallest absolute Gasteiger partial charge is 0.249 e. The van der Waals surface area contributed by atoms with Gasteiger partial charge in [-0.05, 0) is 42.9 Å². The molecule has 2 fully saturated rings. The normalized spacial score (nSPS) is 24.6. The Hall–Kier alpha value is -2.98. The molecule has 8 nitrogen and oxygen atoms in total. The highest BCUT2D eigenvalue weighted by Gasteiger charge is 2.44. The van der Waals surface area contributed by atoms with Gasteiger partial charge >= 0.3 is 0 Å². The Kier molecular flexibility index (Phi) is 7.86. The molecule has 206 valence electrons. The highest BCUT2D eigenvalue weighted by molar-refractivity contribution is 6.03. The van der Waals surface area contributed by atoms with Gasteiger partial charge in [-0.2, -0.15) is 0 Å². The zero-order valence-electron chi connectivity index (χ0n) is 22.4. The second-order valence-corrected chi connectivity index (χ2v) is 11.8. The van der Waals surface area contributed by atoms with E-state index >= 15 is 0 Å². The minimum absolute atomic E-state index is 0.121. The number of amides is 2. The van der Waals surface area contributed by atoms with Crippen LogP contribution < -0.4 is 15.5 Å². The fourth-order valence-corrected chi connectivity index (χ4v) is 5.10. The first kappa shape index (κ1) is 28.0. The summed E-state index contributed by atoms with van der Waals surface area (Å²) in [5.41, 5.74) is 0.601. The number of hydrogen-bond donors (Lipinski definition) is 3. The lowest BCUT2D eigenvalue weighted by Gasteiger charge is -2.35. The fraction of sp³-hybridized carbons (Fsp3) is 0.571. The number of β-amino-alcohol motifs (C(OH)–C–C–N with tert-alkyl or cyclic N) is 1. The third kappa shape index (κ3) is 6.53. The molecular weight excluding hydrogens is 492 g/mol. The van der Waals surface area contributed by atoms with Crippen LogP contribution in [0, 0.1) is 0 Å². The van der Waals surface area contributed by atoms with E-state index in [0.29, 0.717) is 5.69 Å². The lowest BCUT2D eigenvalue weighted by atomic mass is 9.87. The first-order valence-corrected chi connectivity index (χ1v) is 13.1. The van der Waals surface area contributed by atoms with Crippen LogP contribution in [-0.2, 0) is 15.0 Å². The summed E-state index contributed by atoms with van der Waals surface area (Å²) < 4.78 is 27.5. The van der Waals surface area contributed by atoms with E-state index in [1.54, 1.807) is 19.1 Å². The summed E-state index contributed by atoms with van der Waals surface area (Å²) in [5, 5.41) is 16.5. The van der Waals surface area contributed by atoms with E-state index in [2.05, 4.69) is 41.4 Å². The predicted octanol–water partition coefficient (Wildman–Crippen LogP) is 3.66. The van der Waals surface area contributed by atoms with Crippen molar-refractivity contribution in [3.63, 3.8) is 0 Å². The van der Waals surface area contributed by atoms with Gasteiger partial charge in [-0.15, -0.1) is 0 Å². The van der Waals surface area contributed by atoms with Crippen LogP contribution in [-0.4, -0.2) is 57.0 Å². The van der Waals surface area contributed by atoms with Crippen molar-refractivity contribution in [1.29, 1.82) is 0 Å². The molecule has 10 heteroatoms. The van der Waals surface area contributed by atoms with Gasteiger partial charge in [0.25, 0.3) is 0 Å². The summed E-state index contributed by atoms with van der Waals surface area (Å²) in [6.07, 6.45) is 4.22. The standard InChI is InChI=1S/C28H37F2N5O3/c1-26(2,3)18-5-7-20(8-6-18)35(25(37)21-15-27(4,38)17-33-21)23(22-16-31-13-14-32-22)24(36)34-19-9-11-28(29,30)12-10-19/h5-8,13-14,16,19,21,23,33,38H,9-12,15,17H2,1-4H3,(H,34,36)/t21-,23?,27-/m1/s1. The van der Waals surface area contributed by atoms with Gasteiger partial charge in [0, 0.05) is 49.9 Å². The summed E-state index contributed by atoms with van der Waals surface area (Å²) in [5.74, 6) is -3.64. The SMILES string of the molecule is CC(C)(C)c1ccc(N(C(=O)[C@H]2C[C@@](C)(O)CN2)C(C(=O)NC2CCC(F)(F)CC2)c2cnccn2)cc1. The van der Waals surface area contributed by atoms with Crippen LogP contribution in [0.15, 0.2) is 42.9 Å². The number of nitrogens with zero attached hydrogens (tertiary/aromatic N) is 3. The molecule has 2 heterocycles. The first-order chi connectivity index (χ1) is 17.8. The van der Waals surface area contributed by atoms with Crippen molar-refractivity contribution in [2.45, 2.75) is 94.9 Å². The number of carbonyl (C=O) groups is 2. The van der Waals surface area contributed by atoms with Gasteiger partial charge in [-0.25, -0.2) is 8.78 Å². The molecule has 1 aromatic carbocycles. The molecule has 3 atom stereocenters. The Bertz CT molecular complexity index is 1130. The van der Waals surface area contributed by atoms with Gasteiger partial charge in [-0.1, -0.05) is 32.9 Å². The molecule has 1 aliphatic heterocycles. The van der Waals surface area contributed by atoms with Gasteiger partial charge in [0.1, 0.15) is 0 Å². The minimum atomic E-state index is -2.73. The summed E-state index contributed by atoms with van der Waals surface area (Å²) >= 11 is 0. The van der Waals surface area contributed by atoms with Crippen molar-refractivity contribution in [1.82, 2.24) is 20.6 Å². The number of anilines is 1. The molecule has 1 unspecified atom stereocenters. The average molecular weight is 530 g/mol. The number of rotatable bonds is 6. The maximum atomic E-state index is 14.0. The van der Waals surface area contributed by atoms with Crippen molar-refractivity contribution in [2.24, 2.45) is 0 Å². The number of carbonyl (C=O) groups excluding carboxylic acids is 2. The molecule has 1 aliphatic carbocycles. The number of aromatic nitrogens is 2. The Morgan fingerprint density at radius 3 is 2.34 bits per heavy atom. The van der Waals surface area contributed by atoms with Crippen molar-refractivity contribution < 1.29 is 23.5 Å². The van der Waals surface area contributed by atoms with E-state index in [4.69, 9.17) is 0 Å². The molecule has 2 amide bonds. The molecular formula is C28H37F2N5O3. The van der Waals surface area contributed by atoms with Crippen LogP contribution in [0.1, 0.15) is 77.1 Å². The lowest BCUT2D eigenvalue weighted by Crippen LogP contribution is -2.52. The third-order valence-corrected chi connectivity index (χ3v) is 7.35. The van der Waals surface area contributed by atoms with Gasteiger partial charge in [0.05, 0.1) is 23.5 Å². The van der Waals surface area contributed by atoms with Crippen molar-refractivity contribution in [3.8, 4) is 0 Å². The molecule has 2 aromatic rings. The van der Waals surface area contributed by atoms with Crippen molar-refractivity contribution in [2.75, 3.05) is 11.4 Å². The Labute approximate surface area is 222 Å². The van der Waals surface area contributed by atoms with E-state index in [1.165, 1.54) is 23.5 Å². The molecule has 2 aliphatic rings. The summed E-state index contributed by atoms with van der Waals surface area (Å²) in [6.45, 7) is 8.14. The van der Waals surface area contributed by atoms with Crippen LogP contribution in [0.5, 0.6) is 0 Å². The van der Waals surface area contributed by atoms with Crippen LogP contribution in [0.3, 0.4) is 0 Å². The molecule has 4 rings (SSSR count). The fourth-order valence-electron chi connectivity index (χ4n) is 5.10. The van der Waals surface area contributed by atoms with Gasteiger partial charge in [0.15, 0.2) is 6.04 Å². The molecule has 0 radical (unpaired) electrons. The molecule has 1 aromatic heterocycles. The molecule has 0 bridgehead atoms. The van der Waals surface area contributed by atoms with E-state index in [0.717, 1.165) is 5.56 Å². The predicted molar refractivity (Wildman–Crippen MR) is 140 cm³/mol. The van der Waals surface area contributed by atoms with Crippen LogP contribution in [0.4, 0.5) is 14.5 Å². The van der Waals surface area contributed by atoms with Gasteiger partial charge in [-0.3, -0.25) is 24.5 Å². The maximum Gasteiger partial charge on any atom is 0.249 e. The van der Waals surface area contributed by atoms with E-state index < -0.39 is 41.5 Å². The highest BCUT2D eigenvalue weighted by atomic mass is 19.3. The van der Waals surface area contributed by atoms with Crippen LogP contribution >= 0.6 is 0 Å². The molecule has 1 saturated carbocycles. The number of nitrogens with one attached hydrogen (secondary N) is 2. The Balaban J connectivity index is 1.72. The number of alkyl halides is 2. The molecule has 0 spiro atoms. The summed E-state index contributed by atoms with van der Waals surface area (Å²) in [4.78, 5) is 37.7. The van der Waals surface area contributed by atoms with E-state index in [-0.39, 0.29) is 49.8 Å². The highest BCUT2D eigenvalue weighted by Crippen LogP contribution is 2.35. The number of hydrogen-bond acceptors (Lipinski definition) is 6. The molecule has 38 heavy (non-hydrogen) atoms. The Morgan fingerprint density at radius 2 is 1.82 bits per heavy atom. The topological polar surface area (TPSA) is 107 Å². The maximum absolute atomic E-state index is 14.0. The van der Waals surface area contributed by atoms with Crippen LogP contribution in [0.25, 0.3) is 0 Å².